The van der Waals surface area contributed by atoms with Gasteiger partial charge in [0, 0.05) is 19.3 Å². The molecular formula is C9H14F2. The topological polar surface area (TPSA) is 0 Å². The van der Waals surface area contributed by atoms with Crippen LogP contribution in [0.4, 0.5) is 8.78 Å². The quantitative estimate of drug-likeness (QED) is 0.428. The van der Waals surface area contributed by atoms with Crippen molar-refractivity contribution in [2.24, 2.45) is 0 Å². The molecule has 0 amide bonds. The average molecular weight is 160 g/mol. The molecule has 0 aromatic rings. The van der Waals surface area contributed by atoms with Gasteiger partial charge >= 0.3 is 0 Å². The molecule has 11 heavy (non-hydrogen) atoms. The standard InChI is InChI=1S/C9H14F2/c1-3-5-6-8-9(10,11)7-4-2/h1H,4-8H2,2H3. The van der Waals surface area contributed by atoms with Crippen LogP contribution in [0.15, 0.2) is 0 Å². The van der Waals surface area contributed by atoms with Crippen LogP contribution in [0, 0.1) is 12.3 Å². The summed E-state index contributed by atoms with van der Waals surface area (Å²) in [6, 6.07) is 0. The molecule has 0 aromatic heterocycles. The summed E-state index contributed by atoms with van der Waals surface area (Å²) in [5.41, 5.74) is 0. The van der Waals surface area contributed by atoms with Crippen molar-refractivity contribution in [3.05, 3.63) is 0 Å². The first-order valence-electron chi connectivity index (χ1n) is 3.93. The molecule has 0 nitrogen and oxygen atoms in total. The van der Waals surface area contributed by atoms with Crippen molar-refractivity contribution in [3.8, 4) is 12.3 Å². The molecule has 0 aliphatic rings. The second kappa shape index (κ2) is 5.12. The van der Waals surface area contributed by atoms with Gasteiger partial charge < -0.3 is 0 Å². The van der Waals surface area contributed by atoms with E-state index in [0.717, 1.165) is 0 Å². The number of halogens is 2. The summed E-state index contributed by atoms with van der Waals surface area (Å²) in [6.45, 7) is 1.76. The minimum absolute atomic E-state index is 0.0163. The third-order valence-electron chi connectivity index (χ3n) is 1.48. The van der Waals surface area contributed by atoms with E-state index >= 15 is 0 Å². The third-order valence-corrected chi connectivity index (χ3v) is 1.48. The third kappa shape index (κ3) is 5.84. The Morgan fingerprint density at radius 2 is 2.00 bits per heavy atom. The van der Waals surface area contributed by atoms with Gasteiger partial charge in [-0.15, -0.1) is 12.3 Å². The summed E-state index contributed by atoms with van der Waals surface area (Å²) in [4.78, 5) is 0. The van der Waals surface area contributed by atoms with Gasteiger partial charge in [-0.25, -0.2) is 8.78 Å². The van der Waals surface area contributed by atoms with E-state index in [1.54, 1.807) is 6.92 Å². The molecule has 64 valence electrons. The van der Waals surface area contributed by atoms with Crippen LogP contribution in [0.2, 0.25) is 0 Å². The molecule has 0 rings (SSSR count). The summed E-state index contributed by atoms with van der Waals surface area (Å²) in [6.07, 6.45) is 6.28. The van der Waals surface area contributed by atoms with Gasteiger partial charge in [-0.1, -0.05) is 13.3 Å². The van der Waals surface area contributed by atoms with Crippen molar-refractivity contribution in [2.45, 2.75) is 45.0 Å². The molecule has 2 heteroatoms. The van der Waals surface area contributed by atoms with Crippen molar-refractivity contribution in [1.29, 1.82) is 0 Å². The lowest BCUT2D eigenvalue weighted by Crippen LogP contribution is -2.14. The van der Waals surface area contributed by atoms with Gasteiger partial charge in [0.15, 0.2) is 0 Å². The molecule has 0 N–H and O–H groups in total. The number of hydrogen-bond donors (Lipinski definition) is 0. The second-order valence-electron chi connectivity index (χ2n) is 2.66. The Hall–Kier alpha value is -0.580. The van der Waals surface area contributed by atoms with E-state index in [1.807, 2.05) is 0 Å². The first-order valence-corrected chi connectivity index (χ1v) is 3.93. The minimum atomic E-state index is -2.49. The maximum atomic E-state index is 12.7. The lowest BCUT2D eigenvalue weighted by Gasteiger charge is -2.13. The fraction of sp³-hybridized carbons (Fsp3) is 0.778. The van der Waals surface area contributed by atoms with Crippen molar-refractivity contribution in [3.63, 3.8) is 0 Å². The van der Waals surface area contributed by atoms with Crippen molar-refractivity contribution < 1.29 is 8.78 Å². The maximum Gasteiger partial charge on any atom is 0.248 e. The Bertz CT molecular complexity index is 133. The highest BCUT2D eigenvalue weighted by Gasteiger charge is 2.25. The lowest BCUT2D eigenvalue weighted by molar-refractivity contribution is -0.0181. The first-order chi connectivity index (χ1) is 5.12. The van der Waals surface area contributed by atoms with Crippen LogP contribution in [-0.2, 0) is 0 Å². The summed E-state index contributed by atoms with van der Waals surface area (Å²) in [7, 11) is 0. The normalized spacial score (nSPS) is 11.1. The van der Waals surface area contributed by atoms with Gasteiger partial charge in [-0.2, -0.15) is 0 Å². The molecule has 0 fully saturated rings. The molecule has 0 aromatic carbocycles. The summed E-state index contributed by atoms with van der Waals surface area (Å²) in [5, 5.41) is 0. The molecule has 0 atom stereocenters. The fourth-order valence-electron chi connectivity index (χ4n) is 0.940. The highest BCUT2D eigenvalue weighted by Crippen LogP contribution is 2.26. The van der Waals surface area contributed by atoms with Crippen LogP contribution >= 0.6 is 0 Å². The smallest absolute Gasteiger partial charge is 0.207 e. The molecule has 0 heterocycles. The highest BCUT2D eigenvalue weighted by molar-refractivity contribution is 4.83. The monoisotopic (exact) mass is 160 g/mol. The molecule has 0 bridgehead atoms. The fourth-order valence-corrected chi connectivity index (χ4v) is 0.940. The van der Waals surface area contributed by atoms with Gasteiger partial charge in [0.05, 0.1) is 0 Å². The zero-order valence-corrected chi connectivity index (χ0v) is 6.87. The van der Waals surface area contributed by atoms with Gasteiger partial charge in [-0.05, 0) is 6.42 Å². The molecule has 0 unspecified atom stereocenters. The molecule has 0 aliphatic heterocycles. The Balaban J connectivity index is 3.48. The molecule has 0 spiro atoms. The van der Waals surface area contributed by atoms with Gasteiger partial charge in [-0.3, -0.25) is 0 Å². The Morgan fingerprint density at radius 1 is 1.36 bits per heavy atom. The Kier molecular flexibility index (Phi) is 4.85. The van der Waals surface area contributed by atoms with E-state index in [4.69, 9.17) is 6.42 Å². The molecule has 0 saturated carbocycles. The van der Waals surface area contributed by atoms with Crippen LogP contribution in [-0.4, -0.2) is 5.92 Å². The Labute approximate surface area is 67.0 Å². The van der Waals surface area contributed by atoms with E-state index in [1.165, 1.54) is 0 Å². The van der Waals surface area contributed by atoms with Crippen molar-refractivity contribution >= 4 is 0 Å². The van der Waals surface area contributed by atoms with Crippen LogP contribution < -0.4 is 0 Å². The van der Waals surface area contributed by atoms with E-state index in [9.17, 15) is 8.78 Å². The van der Waals surface area contributed by atoms with Crippen molar-refractivity contribution in [1.82, 2.24) is 0 Å². The first kappa shape index (κ1) is 10.4. The van der Waals surface area contributed by atoms with Crippen LogP contribution in [0.5, 0.6) is 0 Å². The summed E-state index contributed by atoms with van der Waals surface area (Å²) in [5.74, 6) is -0.145. The lowest BCUT2D eigenvalue weighted by atomic mass is 10.1. The molecule has 0 aliphatic carbocycles. The van der Waals surface area contributed by atoms with Crippen LogP contribution in [0.3, 0.4) is 0 Å². The van der Waals surface area contributed by atoms with Gasteiger partial charge in [0.25, 0.3) is 0 Å². The minimum Gasteiger partial charge on any atom is -0.207 e. The number of hydrogen-bond acceptors (Lipinski definition) is 0. The highest BCUT2D eigenvalue weighted by atomic mass is 19.3. The number of alkyl halides is 2. The maximum absolute atomic E-state index is 12.7. The number of rotatable bonds is 5. The summed E-state index contributed by atoms with van der Waals surface area (Å²) < 4.78 is 25.4. The zero-order valence-electron chi connectivity index (χ0n) is 6.87. The van der Waals surface area contributed by atoms with E-state index < -0.39 is 5.92 Å². The van der Waals surface area contributed by atoms with Gasteiger partial charge in [0.1, 0.15) is 0 Å². The van der Waals surface area contributed by atoms with E-state index in [2.05, 4.69) is 5.92 Å². The number of unbranched alkanes of at least 4 members (excludes halogenated alkanes) is 1. The van der Waals surface area contributed by atoms with Crippen molar-refractivity contribution in [2.75, 3.05) is 0 Å². The molecule has 0 radical (unpaired) electrons. The predicted octanol–water partition coefficient (Wildman–Crippen LogP) is 3.23. The number of terminal acetylenes is 1. The largest absolute Gasteiger partial charge is 0.248 e. The van der Waals surface area contributed by atoms with Crippen LogP contribution in [0.1, 0.15) is 39.0 Å². The average Bonchev–Trinajstić information content (AvgIpc) is 1.87. The zero-order chi connectivity index (χ0) is 8.74. The molecular weight excluding hydrogens is 146 g/mol. The Morgan fingerprint density at radius 3 is 2.45 bits per heavy atom. The second-order valence-corrected chi connectivity index (χ2v) is 2.66. The van der Waals surface area contributed by atoms with Gasteiger partial charge in [0.2, 0.25) is 5.92 Å². The van der Waals surface area contributed by atoms with E-state index in [-0.39, 0.29) is 12.8 Å². The SMILES string of the molecule is C#CCCCC(F)(F)CCC. The van der Waals surface area contributed by atoms with E-state index in [0.29, 0.717) is 19.3 Å². The molecule has 0 saturated heterocycles. The summed E-state index contributed by atoms with van der Waals surface area (Å²) >= 11 is 0. The predicted molar refractivity (Wildman–Crippen MR) is 42.5 cm³/mol. The van der Waals surface area contributed by atoms with Crippen LogP contribution in [0.25, 0.3) is 0 Å².